The van der Waals surface area contributed by atoms with Crippen LogP contribution < -0.4 is 15.6 Å². The lowest BCUT2D eigenvalue weighted by Gasteiger charge is -2.23. The van der Waals surface area contributed by atoms with Gasteiger partial charge in [0.2, 0.25) is 11.4 Å². The number of piperidine rings is 1. The van der Waals surface area contributed by atoms with Gasteiger partial charge in [-0.1, -0.05) is 17.7 Å². The van der Waals surface area contributed by atoms with Gasteiger partial charge >= 0.3 is 0 Å². The minimum absolute atomic E-state index is 0.0872. The van der Waals surface area contributed by atoms with Crippen molar-refractivity contribution in [2.24, 2.45) is 0 Å². The Bertz CT molecular complexity index is 1260. The molecule has 4 aromatic rings. The summed E-state index contributed by atoms with van der Waals surface area (Å²) in [4.78, 5) is 23.2. The lowest BCUT2D eigenvalue weighted by atomic mass is 10.0. The number of hydrogen-bond acceptors (Lipinski definition) is 6. The van der Waals surface area contributed by atoms with Crippen molar-refractivity contribution in [1.82, 2.24) is 30.5 Å². The number of nitrogens with one attached hydrogen (secondary N) is 3. The van der Waals surface area contributed by atoms with Gasteiger partial charge in [0.25, 0.3) is 0 Å². The molecular weight excluding hydrogens is 404 g/mol. The van der Waals surface area contributed by atoms with E-state index in [4.69, 9.17) is 16.3 Å². The van der Waals surface area contributed by atoms with Gasteiger partial charge in [-0.3, -0.25) is 14.9 Å². The van der Waals surface area contributed by atoms with Crippen molar-refractivity contribution in [3.63, 3.8) is 0 Å². The van der Waals surface area contributed by atoms with Crippen LogP contribution >= 0.6 is 11.6 Å². The molecule has 3 aromatic heterocycles. The molecule has 1 aliphatic heterocycles. The predicted molar refractivity (Wildman–Crippen MR) is 115 cm³/mol. The van der Waals surface area contributed by atoms with Crippen LogP contribution in [0.1, 0.15) is 12.8 Å². The van der Waals surface area contributed by atoms with Crippen molar-refractivity contribution in [2.45, 2.75) is 18.9 Å². The highest BCUT2D eigenvalue weighted by Gasteiger charge is 2.17. The van der Waals surface area contributed by atoms with E-state index in [0.717, 1.165) is 42.4 Å². The van der Waals surface area contributed by atoms with Crippen molar-refractivity contribution in [2.75, 3.05) is 13.1 Å². The van der Waals surface area contributed by atoms with Crippen LogP contribution in [0.2, 0.25) is 5.02 Å². The van der Waals surface area contributed by atoms with Gasteiger partial charge in [-0.25, -0.2) is 4.98 Å². The van der Waals surface area contributed by atoms with E-state index in [1.165, 1.54) is 12.3 Å². The molecule has 1 atom stereocenters. The van der Waals surface area contributed by atoms with E-state index < -0.39 is 0 Å². The summed E-state index contributed by atoms with van der Waals surface area (Å²) < 4.78 is 6.00. The molecular formula is C21H19ClN6O2. The van der Waals surface area contributed by atoms with E-state index in [0.29, 0.717) is 27.9 Å². The van der Waals surface area contributed by atoms with Crippen LogP contribution in [0, 0.1) is 0 Å². The molecule has 30 heavy (non-hydrogen) atoms. The van der Waals surface area contributed by atoms with E-state index in [1.807, 2.05) is 18.2 Å². The third kappa shape index (κ3) is 3.67. The predicted octanol–water partition coefficient (Wildman–Crippen LogP) is 3.16. The Morgan fingerprint density at radius 3 is 3.00 bits per heavy atom. The molecule has 4 heterocycles. The minimum atomic E-state index is -0.213. The zero-order valence-corrected chi connectivity index (χ0v) is 16.7. The molecule has 9 heteroatoms. The summed E-state index contributed by atoms with van der Waals surface area (Å²) in [5.74, 6) is 0.478. The third-order valence-corrected chi connectivity index (χ3v) is 5.45. The number of fused-ring (bicyclic) bond motifs is 1. The van der Waals surface area contributed by atoms with Crippen LogP contribution in [0.15, 0.2) is 47.7 Å². The van der Waals surface area contributed by atoms with Crippen LogP contribution in [0.5, 0.6) is 5.88 Å². The molecule has 0 amide bonds. The lowest BCUT2D eigenvalue weighted by molar-refractivity contribution is 0.160. The number of H-pyrrole nitrogens is 2. The first-order valence-corrected chi connectivity index (χ1v) is 10.1. The monoisotopic (exact) mass is 422 g/mol. The molecule has 0 aliphatic carbocycles. The molecule has 1 saturated heterocycles. The summed E-state index contributed by atoms with van der Waals surface area (Å²) in [7, 11) is 0. The number of hydrogen-bond donors (Lipinski definition) is 3. The summed E-state index contributed by atoms with van der Waals surface area (Å²) in [6.45, 7) is 1.82. The van der Waals surface area contributed by atoms with Crippen molar-refractivity contribution < 1.29 is 4.74 Å². The summed E-state index contributed by atoms with van der Waals surface area (Å²) >= 11 is 6.29. The fourth-order valence-corrected chi connectivity index (χ4v) is 3.88. The molecule has 5 rings (SSSR count). The minimum Gasteiger partial charge on any atom is -0.472 e. The molecule has 3 N–H and O–H groups in total. The van der Waals surface area contributed by atoms with E-state index >= 15 is 0 Å². The fourth-order valence-electron chi connectivity index (χ4n) is 3.66. The van der Waals surface area contributed by atoms with Gasteiger partial charge in [-0.15, -0.1) is 0 Å². The van der Waals surface area contributed by atoms with E-state index in [1.54, 1.807) is 12.4 Å². The average Bonchev–Trinajstić information content (AvgIpc) is 3.20. The highest BCUT2D eigenvalue weighted by Crippen LogP contribution is 2.32. The fraction of sp³-hybridized carbons (Fsp3) is 0.238. The van der Waals surface area contributed by atoms with Crippen molar-refractivity contribution in [1.29, 1.82) is 0 Å². The topological polar surface area (TPSA) is 109 Å². The Kier molecular flexibility index (Phi) is 4.94. The molecule has 1 unspecified atom stereocenters. The number of ether oxygens (including phenoxy) is 1. The third-order valence-electron chi connectivity index (χ3n) is 5.14. The molecule has 0 radical (unpaired) electrons. The number of aromatic amines is 2. The second-order valence-corrected chi connectivity index (χ2v) is 7.63. The maximum absolute atomic E-state index is 11.7. The molecule has 1 aliphatic rings. The van der Waals surface area contributed by atoms with Crippen LogP contribution in [-0.2, 0) is 0 Å². The van der Waals surface area contributed by atoms with Gasteiger partial charge < -0.3 is 15.0 Å². The maximum atomic E-state index is 11.7. The highest BCUT2D eigenvalue weighted by molar-refractivity contribution is 6.33. The second-order valence-electron chi connectivity index (χ2n) is 7.22. The molecule has 0 saturated carbocycles. The van der Waals surface area contributed by atoms with Gasteiger partial charge in [0.1, 0.15) is 17.5 Å². The van der Waals surface area contributed by atoms with Gasteiger partial charge in [-0.05, 0) is 37.1 Å². The number of pyridine rings is 1. The van der Waals surface area contributed by atoms with Crippen molar-refractivity contribution >= 4 is 22.5 Å². The first-order chi connectivity index (χ1) is 14.7. The Morgan fingerprint density at radius 2 is 2.13 bits per heavy atom. The Morgan fingerprint density at radius 1 is 1.20 bits per heavy atom. The maximum Gasteiger partial charge on any atom is 0.248 e. The van der Waals surface area contributed by atoms with E-state index in [9.17, 15) is 4.79 Å². The standard InChI is InChI=1S/C21H19ClN6O2/c22-16-9-25-19(29)7-14(16)12-3-4-17-15(6-12)21(28-27-17)18-10-24-11-20(26-18)30-13-2-1-5-23-8-13/h3-4,6-7,9-11,13,23H,1-2,5,8H2,(H,25,29)(H,27,28). The first-order valence-electron chi connectivity index (χ1n) is 9.74. The zero-order chi connectivity index (χ0) is 20.5. The van der Waals surface area contributed by atoms with Gasteiger partial charge in [0.05, 0.1) is 22.9 Å². The van der Waals surface area contributed by atoms with E-state index in [2.05, 4.69) is 30.5 Å². The Balaban J connectivity index is 1.52. The quantitative estimate of drug-likeness (QED) is 0.466. The lowest BCUT2D eigenvalue weighted by Crippen LogP contribution is -2.37. The number of halogens is 1. The Labute approximate surface area is 176 Å². The van der Waals surface area contributed by atoms with Gasteiger partial charge in [0, 0.05) is 29.8 Å². The van der Waals surface area contributed by atoms with E-state index in [-0.39, 0.29) is 11.7 Å². The average molecular weight is 423 g/mol. The highest BCUT2D eigenvalue weighted by atomic mass is 35.5. The normalized spacial score (nSPS) is 16.6. The number of nitrogens with zero attached hydrogens (tertiary/aromatic N) is 3. The Hall–Kier alpha value is -3.23. The largest absolute Gasteiger partial charge is 0.472 e. The second kappa shape index (κ2) is 7.89. The van der Waals surface area contributed by atoms with Gasteiger partial charge in [-0.2, -0.15) is 5.10 Å². The van der Waals surface area contributed by atoms with Crippen molar-refractivity contribution in [3.05, 3.63) is 58.2 Å². The number of aromatic nitrogens is 5. The summed E-state index contributed by atoms with van der Waals surface area (Å²) in [5.41, 5.74) is 3.37. The summed E-state index contributed by atoms with van der Waals surface area (Å²) in [5, 5.41) is 12.1. The van der Waals surface area contributed by atoms with Crippen molar-refractivity contribution in [3.8, 4) is 28.4 Å². The molecule has 1 fully saturated rings. The summed E-state index contributed by atoms with van der Waals surface area (Å²) in [6, 6.07) is 7.22. The molecule has 152 valence electrons. The number of rotatable bonds is 4. The van der Waals surface area contributed by atoms with Crippen LogP contribution in [0.3, 0.4) is 0 Å². The van der Waals surface area contributed by atoms with Crippen LogP contribution in [0.4, 0.5) is 0 Å². The molecule has 0 spiro atoms. The molecule has 8 nitrogen and oxygen atoms in total. The SMILES string of the molecule is O=c1cc(-c2ccc3[nH]nc(-c4cncc(OC5CCCNC5)n4)c3c2)c(Cl)c[nH]1. The number of benzene rings is 1. The van der Waals surface area contributed by atoms with Gasteiger partial charge in [0.15, 0.2) is 0 Å². The molecule has 1 aromatic carbocycles. The summed E-state index contributed by atoms with van der Waals surface area (Å²) in [6.07, 6.45) is 6.93. The zero-order valence-electron chi connectivity index (χ0n) is 16.0. The van der Waals surface area contributed by atoms with Crippen LogP contribution in [-0.4, -0.2) is 44.3 Å². The molecule has 0 bridgehead atoms. The first kappa shape index (κ1) is 18.8. The van der Waals surface area contributed by atoms with Crippen LogP contribution in [0.25, 0.3) is 33.4 Å². The smallest absolute Gasteiger partial charge is 0.248 e.